The lowest BCUT2D eigenvalue weighted by atomic mass is 10.1. The van der Waals surface area contributed by atoms with E-state index in [9.17, 15) is 4.79 Å². The molecule has 66 heavy (non-hydrogen) atoms. The van der Waals surface area contributed by atoms with Gasteiger partial charge in [0.1, 0.15) is 0 Å². The van der Waals surface area contributed by atoms with Crippen LogP contribution in [0.2, 0.25) is 0 Å². The minimum atomic E-state index is -0.379. The fourth-order valence-electron chi connectivity index (χ4n) is 8.78. The number of ether oxygens (including phenoxy) is 5. The van der Waals surface area contributed by atoms with Crippen LogP contribution in [0.5, 0.6) is 23.0 Å². The molecule has 0 unspecified atom stereocenters. The van der Waals surface area contributed by atoms with E-state index in [1.165, 1.54) is 212 Å². The molecule has 0 N–H and O–H groups in total. The Morgan fingerprint density at radius 3 is 0.879 bits per heavy atom. The van der Waals surface area contributed by atoms with E-state index in [1.54, 1.807) is 0 Å². The van der Waals surface area contributed by atoms with Gasteiger partial charge in [-0.1, -0.05) is 259 Å². The third-order valence-electron chi connectivity index (χ3n) is 12.9. The van der Waals surface area contributed by atoms with Gasteiger partial charge in [-0.2, -0.15) is 0 Å². The largest absolute Gasteiger partial charge is 0.490 e. The molecule has 0 aromatic heterocycles. The van der Waals surface area contributed by atoms with E-state index >= 15 is 0 Å². The third-order valence-corrected chi connectivity index (χ3v) is 12.9. The summed E-state index contributed by atoms with van der Waals surface area (Å²) in [5.74, 6) is 2.28. The quantitative estimate of drug-likeness (QED) is 0.0368. The molecule has 1 aromatic rings. The van der Waals surface area contributed by atoms with Crippen molar-refractivity contribution in [1.82, 2.24) is 0 Å². The molecule has 0 heterocycles. The van der Waals surface area contributed by atoms with Gasteiger partial charge in [0.25, 0.3) is 0 Å². The van der Waals surface area contributed by atoms with E-state index in [0.717, 1.165) is 51.4 Å². The Morgan fingerprint density at radius 1 is 0.379 bits per heavy atom. The van der Waals surface area contributed by atoms with Gasteiger partial charge in [-0.3, -0.25) is 0 Å². The van der Waals surface area contributed by atoms with E-state index in [1.807, 2.05) is 26.0 Å². The minimum Gasteiger partial charge on any atom is -0.490 e. The van der Waals surface area contributed by atoms with Gasteiger partial charge in [-0.15, -0.1) is 0 Å². The zero-order valence-corrected chi connectivity index (χ0v) is 44.9. The first kappa shape index (κ1) is 61.6. The van der Waals surface area contributed by atoms with Gasteiger partial charge in [0.15, 0.2) is 23.0 Å². The summed E-state index contributed by atoms with van der Waals surface area (Å²) in [6, 6.07) is 2.03. The molecule has 0 bridgehead atoms. The van der Waals surface area contributed by atoms with Crippen LogP contribution in [0.25, 0.3) is 6.08 Å². The molecule has 0 radical (unpaired) electrons. The van der Waals surface area contributed by atoms with Gasteiger partial charge >= 0.3 is 5.97 Å². The van der Waals surface area contributed by atoms with Crippen LogP contribution in [-0.2, 0) is 9.53 Å². The average Bonchev–Trinajstić information content (AvgIpc) is 3.30. The molecule has 0 atom stereocenters. The molecule has 0 fully saturated rings. The zero-order chi connectivity index (χ0) is 47.8. The smallest absolute Gasteiger partial charge is 0.331 e. The van der Waals surface area contributed by atoms with Crippen LogP contribution in [0, 0.1) is 0 Å². The summed E-state index contributed by atoms with van der Waals surface area (Å²) < 4.78 is 32.4. The summed E-state index contributed by atoms with van der Waals surface area (Å²) in [5, 5.41) is 0. The predicted molar refractivity (Wildman–Crippen MR) is 286 cm³/mol. The number of unbranched alkanes of at least 4 members (excludes halogenated alkanes) is 36. The zero-order valence-electron chi connectivity index (χ0n) is 44.9. The number of carbonyl (C=O) groups is 1. The second kappa shape index (κ2) is 47.7. The fourth-order valence-corrected chi connectivity index (χ4v) is 8.78. The van der Waals surface area contributed by atoms with Crippen molar-refractivity contribution in [2.45, 2.75) is 304 Å². The van der Waals surface area contributed by atoms with Crippen LogP contribution < -0.4 is 18.9 Å². The van der Waals surface area contributed by atoms with Gasteiger partial charge < -0.3 is 23.7 Å². The van der Waals surface area contributed by atoms with E-state index < -0.39 is 0 Å². The van der Waals surface area contributed by atoms with Crippen LogP contribution in [0.1, 0.15) is 304 Å². The van der Waals surface area contributed by atoms with Crippen molar-refractivity contribution in [3.05, 3.63) is 17.7 Å². The van der Waals surface area contributed by atoms with E-state index in [4.69, 9.17) is 23.7 Å². The standard InChI is InChI=1S/C60H110O6/c1-7-11-15-19-23-27-31-35-39-43-49-62-56-53-57(63-50-44-40-36-32-28-24-20-16-12-8-2)60(65-52-46-42-38-34-30-26-22-18-14-10-4)55(47-48-58(61)66-54(5)6)59(56)64-51-45-41-37-33-29-25-21-17-13-9-3/h47-48,53-54H,7-46,49-52H2,1-6H3. The highest BCUT2D eigenvalue weighted by atomic mass is 16.5. The van der Waals surface area contributed by atoms with Crippen molar-refractivity contribution in [3.63, 3.8) is 0 Å². The Balaban J connectivity index is 3.27. The lowest BCUT2D eigenvalue weighted by molar-refractivity contribution is -0.141. The lowest BCUT2D eigenvalue weighted by Gasteiger charge is -2.22. The van der Waals surface area contributed by atoms with Crippen LogP contribution in [-0.4, -0.2) is 38.5 Å². The Bertz CT molecular complexity index is 1150. The number of hydrogen-bond donors (Lipinski definition) is 0. The monoisotopic (exact) mass is 927 g/mol. The van der Waals surface area contributed by atoms with Crippen LogP contribution >= 0.6 is 0 Å². The van der Waals surface area contributed by atoms with Gasteiger partial charge in [0, 0.05) is 12.1 Å². The van der Waals surface area contributed by atoms with Gasteiger partial charge in [-0.25, -0.2) is 4.79 Å². The highest BCUT2D eigenvalue weighted by Crippen LogP contribution is 2.46. The molecule has 0 aliphatic heterocycles. The molecule has 0 amide bonds. The van der Waals surface area contributed by atoms with Crippen molar-refractivity contribution >= 4 is 12.0 Å². The minimum absolute atomic E-state index is 0.211. The molecule has 6 nitrogen and oxygen atoms in total. The van der Waals surface area contributed by atoms with Crippen LogP contribution in [0.15, 0.2) is 12.1 Å². The Morgan fingerprint density at radius 2 is 0.621 bits per heavy atom. The maximum absolute atomic E-state index is 13.1. The normalized spacial score (nSPS) is 11.6. The Kier molecular flexibility index (Phi) is 44.5. The summed E-state index contributed by atoms with van der Waals surface area (Å²) in [7, 11) is 0. The van der Waals surface area contributed by atoms with Gasteiger partial charge in [-0.05, 0) is 45.6 Å². The molecule has 0 saturated heterocycles. The number of benzene rings is 1. The molecule has 0 spiro atoms. The second-order valence-electron chi connectivity index (χ2n) is 19.9. The Hall–Kier alpha value is -2.37. The summed E-state index contributed by atoms with van der Waals surface area (Å²) >= 11 is 0. The highest BCUT2D eigenvalue weighted by molar-refractivity contribution is 5.89. The molecule has 1 aromatic carbocycles. The molecule has 0 saturated carbocycles. The van der Waals surface area contributed by atoms with Crippen LogP contribution in [0.4, 0.5) is 0 Å². The highest BCUT2D eigenvalue weighted by Gasteiger charge is 2.23. The van der Waals surface area contributed by atoms with Crippen molar-refractivity contribution in [1.29, 1.82) is 0 Å². The summed E-state index contributed by atoms with van der Waals surface area (Å²) in [6.45, 7) is 15.3. The summed E-state index contributed by atoms with van der Waals surface area (Å²) in [6.07, 6.45) is 54.0. The van der Waals surface area contributed by atoms with E-state index in [-0.39, 0.29) is 12.1 Å². The van der Waals surface area contributed by atoms with Crippen LogP contribution in [0.3, 0.4) is 0 Å². The summed E-state index contributed by atoms with van der Waals surface area (Å²) in [4.78, 5) is 13.1. The van der Waals surface area contributed by atoms with Gasteiger partial charge in [0.2, 0.25) is 0 Å². The van der Waals surface area contributed by atoms with E-state index in [2.05, 4.69) is 27.7 Å². The molecule has 0 aliphatic rings. The third kappa shape index (κ3) is 36.6. The molecule has 6 heteroatoms. The molecule has 0 aliphatic carbocycles. The Labute approximate surface area is 410 Å². The second-order valence-corrected chi connectivity index (χ2v) is 19.9. The number of rotatable bonds is 51. The van der Waals surface area contributed by atoms with E-state index in [0.29, 0.717) is 55.0 Å². The summed E-state index contributed by atoms with van der Waals surface area (Å²) in [5.41, 5.74) is 0.716. The maximum atomic E-state index is 13.1. The first-order chi connectivity index (χ1) is 32.5. The SMILES string of the molecule is CCCCCCCCCCCCOc1cc(OCCCCCCCCCCCC)c(OCCCCCCCCCCCC)c(C=CC(=O)OC(C)C)c1OCCCCCCCCCCCC. The first-order valence-electron chi connectivity index (χ1n) is 29.1. The topological polar surface area (TPSA) is 63.2 Å². The number of esters is 1. The first-order valence-corrected chi connectivity index (χ1v) is 29.1. The van der Waals surface area contributed by atoms with Crippen molar-refractivity contribution in [2.24, 2.45) is 0 Å². The lowest BCUT2D eigenvalue weighted by Crippen LogP contribution is -2.10. The maximum Gasteiger partial charge on any atom is 0.331 e. The fraction of sp³-hybridized carbons (Fsp3) is 0.850. The number of carbonyl (C=O) groups excluding carboxylic acids is 1. The van der Waals surface area contributed by atoms with Crippen molar-refractivity contribution < 1.29 is 28.5 Å². The molecule has 386 valence electrons. The predicted octanol–water partition coefficient (Wildman–Crippen LogP) is 19.9. The average molecular weight is 928 g/mol. The molecular weight excluding hydrogens is 817 g/mol. The van der Waals surface area contributed by atoms with Crippen molar-refractivity contribution in [2.75, 3.05) is 26.4 Å². The number of hydrogen-bond acceptors (Lipinski definition) is 6. The molecule has 1 rings (SSSR count). The van der Waals surface area contributed by atoms with Crippen molar-refractivity contribution in [3.8, 4) is 23.0 Å². The molecular formula is C60H110O6. The van der Waals surface area contributed by atoms with Gasteiger partial charge in [0.05, 0.1) is 38.1 Å².